The fourth-order valence-corrected chi connectivity index (χ4v) is 9.15. The largest absolute Gasteiger partial charge is 0.497 e. The van der Waals surface area contributed by atoms with Gasteiger partial charge in [0, 0.05) is 9.75 Å². The van der Waals surface area contributed by atoms with E-state index < -0.39 is 29.4 Å². The van der Waals surface area contributed by atoms with E-state index in [1.165, 1.54) is 22.7 Å². The van der Waals surface area contributed by atoms with Crippen molar-refractivity contribution in [2.24, 2.45) is 17.2 Å². The number of ether oxygens (including phenoxy) is 2. The molecule has 12 nitrogen and oxygen atoms in total. The molecule has 0 bridgehead atoms. The standard InChI is InChI=1S/C33H34N6O6S2/c1-33(12-11-20-24(28(35)41)29(37-31(36)42)46-25(20)18-10-9-17(45-3)14-22(18)33)39-32(43)38-30-23(27(34)40)19-6-4-5-15-7-8-16(44-2)13-21(15)26(19)47-30/h7-10,13-14H,4-6,11-12H2,1-3H3,(H2,34,40)(H2,35,41)(H3,36,37,42)(H2,38,39,43). The molecule has 6 amide bonds. The van der Waals surface area contributed by atoms with Crippen LogP contribution >= 0.6 is 22.7 Å². The fraction of sp³-hybridized carbons (Fsp3) is 0.273. The molecule has 47 heavy (non-hydrogen) atoms. The average molecular weight is 675 g/mol. The summed E-state index contributed by atoms with van der Waals surface area (Å²) >= 11 is 2.50. The van der Waals surface area contributed by atoms with Crippen molar-refractivity contribution in [3.63, 3.8) is 0 Å². The first-order valence-electron chi connectivity index (χ1n) is 14.9. The Balaban J connectivity index is 1.38. The molecule has 0 saturated carbocycles. The number of hydrogen-bond acceptors (Lipinski definition) is 8. The van der Waals surface area contributed by atoms with E-state index in [1.807, 2.05) is 37.3 Å². The Bertz CT molecular complexity index is 1970. The van der Waals surface area contributed by atoms with Crippen molar-refractivity contribution in [1.82, 2.24) is 5.32 Å². The molecule has 14 heteroatoms. The van der Waals surface area contributed by atoms with Crippen molar-refractivity contribution in [2.45, 2.75) is 44.6 Å². The Kier molecular flexibility index (Phi) is 8.32. The lowest BCUT2D eigenvalue weighted by molar-refractivity contribution is 0.0992. The van der Waals surface area contributed by atoms with Crippen LogP contribution in [-0.2, 0) is 24.8 Å². The highest BCUT2D eigenvalue weighted by Gasteiger charge is 2.38. The van der Waals surface area contributed by atoms with Crippen LogP contribution in [0.3, 0.4) is 0 Å². The van der Waals surface area contributed by atoms with E-state index in [-0.39, 0.29) is 10.6 Å². The smallest absolute Gasteiger partial charge is 0.320 e. The summed E-state index contributed by atoms with van der Waals surface area (Å²) in [5.74, 6) is -0.0661. The van der Waals surface area contributed by atoms with E-state index in [0.717, 1.165) is 50.4 Å². The van der Waals surface area contributed by atoms with Crippen molar-refractivity contribution in [1.29, 1.82) is 0 Å². The number of hydrogen-bond donors (Lipinski definition) is 6. The van der Waals surface area contributed by atoms with Crippen LogP contribution < -0.4 is 42.6 Å². The SMILES string of the molecule is COc1ccc2c(c1)-c1sc(NC(=O)NC3(C)CCc4c(sc(NC(N)=O)c4C(N)=O)-c4ccc(OC)cc43)c(C(N)=O)c1CCC2. The maximum Gasteiger partial charge on any atom is 0.320 e. The lowest BCUT2D eigenvalue weighted by Crippen LogP contribution is -2.46. The summed E-state index contributed by atoms with van der Waals surface area (Å²) in [5, 5.41) is 9.21. The molecule has 244 valence electrons. The number of aryl methyl sites for hydroxylation is 1. The van der Waals surface area contributed by atoms with Gasteiger partial charge in [0.25, 0.3) is 11.8 Å². The molecular weight excluding hydrogens is 641 g/mol. The number of thiophene rings is 2. The number of nitrogens with two attached hydrogens (primary N) is 3. The molecule has 0 fully saturated rings. The minimum atomic E-state index is -0.972. The second kappa shape index (κ2) is 12.3. The molecule has 6 rings (SSSR count). The van der Waals surface area contributed by atoms with Crippen molar-refractivity contribution in [3.05, 3.63) is 69.8 Å². The Labute approximate surface area is 278 Å². The number of nitrogens with one attached hydrogen (secondary N) is 3. The predicted octanol–water partition coefficient (Wildman–Crippen LogP) is 5.32. The van der Waals surface area contributed by atoms with Crippen LogP contribution in [-0.4, -0.2) is 38.1 Å². The monoisotopic (exact) mass is 674 g/mol. The van der Waals surface area contributed by atoms with Gasteiger partial charge in [-0.05, 0) is 103 Å². The van der Waals surface area contributed by atoms with Gasteiger partial charge in [-0.2, -0.15) is 0 Å². The second-order valence-electron chi connectivity index (χ2n) is 11.6. The van der Waals surface area contributed by atoms with Gasteiger partial charge in [-0.1, -0.05) is 6.07 Å². The highest BCUT2D eigenvalue weighted by atomic mass is 32.1. The highest BCUT2D eigenvalue weighted by molar-refractivity contribution is 7.20. The molecule has 0 spiro atoms. The highest BCUT2D eigenvalue weighted by Crippen LogP contribution is 2.49. The molecule has 2 aromatic carbocycles. The van der Waals surface area contributed by atoms with Crippen LogP contribution in [0.2, 0.25) is 0 Å². The zero-order valence-electron chi connectivity index (χ0n) is 26.0. The molecule has 4 aromatic rings. The van der Waals surface area contributed by atoms with Gasteiger partial charge < -0.3 is 32.0 Å². The molecule has 0 radical (unpaired) electrons. The normalized spacial score (nSPS) is 16.2. The average Bonchev–Trinajstić information content (AvgIpc) is 3.47. The Hall–Kier alpha value is -5.08. The zero-order valence-corrected chi connectivity index (χ0v) is 27.6. The molecular formula is C33H34N6O6S2. The summed E-state index contributed by atoms with van der Waals surface area (Å²) in [6.45, 7) is 1.88. The van der Waals surface area contributed by atoms with Gasteiger partial charge in [0.2, 0.25) is 0 Å². The fourth-order valence-electron chi connectivity index (χ4n) is 6.55. The summed E-state index contributed by atoms with van der Waals surface area (Å²) in [6, 6.07) is 10.0. The van der Waals surface area contributed by atoms with E-state index in [1.54, 1.807) is 20.3 Å². The van der Waals surface area contributed by atoms with Crippen LogP contribution in [0.15, 0.2) is 36.4 Å². The number of anilines is 2. The first-order valence-corrected chi connectivity index (χ1v) is 16.5. The molecule has 2 heterocycles. The maximum atomic E-state index is 13.9. The molecule has 2 aromatic heterocycles. The number of carbonyl (C=O) groups is 4. The Morgan fingerprint density at radius 2 is 1.36 bits per heavy atom. The number of benzene rings is 2. The summed E-state index contributed by atoms with van der Waals surface area (Å²) < 4.78 is 11.0. The molecule has 2 aliphatic rings. The third-order valence-corrected chi connectivity index (χ3v) is 11.1. The van der Waals surface area contributed by atoms with Crippen molar-refractivity contribution >= 4 is 56.6 Å². The van der Waals surface area contributed by atoms with Gasteiger partial charge in [-0.25, -0.2) is 9.59 Å². The second-order valence-corrected chi connectivity index (χ2v) is 13.7. The van der Waals surface area contributed by atoms with Crippen molar-refractivity contribution in [3.8, 4) is 32.4 Å². The number of methoxy groups -OCH3 is 2. The number of carbonyl (C=O) groups excluding carboxylic acids is 4. The molecule has 0 aliphatic heterocycles. The topological polar surface area (TPSA) is 201 Å². The van der Waals surface area contributed by atoms with E-state index >= 15 is 0 Å². The quantitative estimate of drug-likeness (QED) is 0.153. The van der Waals surface area contributed by atoms with Gasteiger partial charge in [0.15, 0.2) is 0 Å². The van der Waals surface area contributed by atoms with Gasteiger partial charge in [0.05, 0.1) is 30.9 Å². The van der Waals surface area contributed by atoms with E-state index in [9.17, 15) is 19.2 Å². The first kappa shape index (κ1) is 31.9. The van der Waals surface area contributed by atoms with Crippen LogP contribution in [0.1, 0.15) is 62.7 Å². The number of fused-ring (bicyclic) bond motifs is 6. The van der Waals surface area contributed by atoms with Gasteiger partial charge >= 0.3 is 12.1 Å². The number of primary amides is 3. The third kappa shape index (κ3) is 5.74. The van der Waals surface area contributed by atoms with Crippen molar-refractivity contribution in [2.75, 3.05) is 24.9 Å². The number of rotatable bonds is 7. The van der Waals surface area contributed by atoms with Crippen molar-refractivity contribution < 1.29 is 28.7 Å². The molecule has 1 atom stereocenters. The zero-order chi connectivity index (χ0) is 33.6. The molecule has 9 N–H and O–H groups in total. The van der Waals surface area contributed by atoms with Crippen LogP contribution in [0.5, 0.6) is 11.5 Å². The van der Waals surface area contributed by atoms with Crippen LogP contribution in [0.25, 0.3) is 20.9 Å². The van der Waals surface area contributed by atoms with Gasteiger partial charge in [-0.15, -0.1) is 22.7 Å². The minimum Gasteiger partial charge on any atom is -0.497 e. The Morgan fingerprint density at radius 1 is 0.766 bits per heavy atom. The van der Waals surface area contributed by atoms with Crippen LogP contribution in [0, 0.1) is 0 Å². The number of amides is 6. The third-order valence-electron chi connectivity index (χ3n) is 8.74. The maximum absolute atomic E-state index is 13.9. The summed E-state index contributed by atoms with van der Waals surface area (Å²) in [7, 11) is 3.15. The van der Waals surface area contributed by atoms with E-state index in [0.29, 0.717) is 46.9 Å². The van der Waals surface area contributed by atoms with E-state index in [4.69, 9.17) is 26.7 Å². The lowest BCUT2D eigenvalue weighted by atomic mass is 9.86. The summed E-state index contributed by atoms with van der Waals surface area (Å²) in [6.07, 6.45) is 2.99. The van der Waals surface area contributed by atoms with E-state index in [2.05, 4.69) is 16.0 Å². The minimum absolute atomic E-state index is 0.183. The predicted molar refractivity (Wildman–Crippen MR) is 183 cm³/mol. The molecule has 0 saturated heterocycles. The molecule has 1 unspecified atom stereocenters. The summed E-state index contributed by atoms with van der Waals surface area (Å²) in [4.78, 5) is 52.6. The molecule has 2 aliphatic carbocycles. The van der Waals surface area contributed by atoms with Gasteiger partial charge in [0.1, 0.15) is 21.5 Å². The number of urea groups is 2. The first-order chi connectivity index (χ1) is 22.4. The van der Waals surface area contributed by atoms with Gasteiger partial charge in [-0.3, -0.25) is 20.2 Å². The Morgan fingerprint density at radius 3 is 2.00 bits per heavy atom. The van der Waals surface area contributed by atoms with Crippen LogP contribution in [0.4, 0.5) is 19.6 Å². The lowest BCUT2D eigenvalue weighted by Gasteiger charge is -2.32. The summed E-state index contributed by atoms with van der Waals surface area (Å²) in [5.41, 5.74) is 21.6.